The molecule has 3 nitrogen and oxygen atoms in total. The molecule has 0 spiro atoms. The highest BCUT2D eigenvalue weighted by Crippen LogP contribution is 2.23. The van der Waals surface area contributed by atoms with E-state index >= 15 is 0 Å². The quantitative estimate of drug-likeness (QED) is 0.782. The minimum absolute atomic E-state index is 0.465. The van der Waals surface area contributed by atoms with Crippen molar-refractivity contribution in [1.82, 2.24) is 10.2 Å². The van der Waals surface area contributed by atoms with Gasteiger partial charge in [-0.25, -0.2) is 0 Å². The van der Waals surface area contributed by atoms with Crippen LogP contribution in [0, 0.1) is 0 Å². The van der Waals surface area contributed by atoms with Crippen molar-refractivity contribution in [2.45, 2.75) is 45.6 Å². The number of nitrogens with zero attached hydrogens (tertiary/aromatic N) is 2. The van der Waals surface area contributed by atoms with Crippen LogP contribution in [0.5, 0.6) is 0 Å². The molecule has 0 fully saturated rings. The summed E-state index contributed by atoms with van der Waals surface area (Å²) < 4.78 is 0. The second-order valence-electron chi connectivity index (χ2n) is 4.71. The van der Waals surface area contributed by atoms with Crippen LogP contribution < -0.4 is 5.73 Å². The molecule has 0 unspecified atom stereocenters. The molecule has 0 saturated carbocycles. The molecule has 0 radical (unpaired) electrons. The molecule has 1 heterocycles. The van der Waals surface area contributed by atoms with Gasteiger partial charge < -0.3 is 5.73 Å². The van der Waals surface area contributed by atoms with Crippen LogP contribution >= 0.6 is 11.3 Å². The van der Waals surface area contributed by atoms with Gasteiger partial charge in [-0.2, -0.15) is 0 Å². The Bertz CT molecular complexity index is 490. The lowest BCUT2D eigenvalue weighted by molar-refractivity contribution is 0.667. The van der Waals surface area contributed by atoms with Crippen molar-refractivity contribution in [2.24, 2.45) is 5.73 Å². The molecule has 2 rings (SSSR count). The van der Waals surface area contributed by atoms with Crippen molar-refractivity contribution in [3.8, 4) is 10.6 Å². The number of nitrogens with two attached hydrogens (primary N) is 1. The molecule has 1 aromatic heterocycles. The summed E-state index contributed by atoms with van der Waals surface area (Å²) >= 11 is 1.57. The molecule has 0 aliphatic heterocycles. The number of hydrogen-bond donors (Lipinski definition) is 1. The second-order valence-corrected chi connectivity index (χ2v) is 5.77. The van der Waals surface area contributed by atoms with Gasteiger partial charge in [-0.05, 0) is 18.4 Å². The Labute approximate surface area is 118 Å². The molecule has 4 heteroatoms. The Morgan fingerprint density at radius 2 is 1.84 bits per heavy atom. The van der Waals surface area contributed by atoms with Crippen molar-refractivity contribution in [1.29, 1.82) is 0 Å². The second kappa shape index (κ2) is 7.36. The third-order valence-corrected chi connectivity index (χ3v) is 4.16. The predicted molar refractivity (Wildman–Crippen MR) is 81.1 cm³/mol. The van der Waals surface area contributed by atoms with Crippen LogP contribution in [-0.2, 0) is 13.0 Å². The minimum atomic E-state index is 0.465. The van der Waals surface area contributed by atoms with E-state index in [2.05, 4.69) is 41.4 Å². The summed E-state index contributed by atoms with van der Waals surface area (Å²) in [6, 6.07) is 8.67. The van der Waals surface area contributed by atoms with Gasteiger partial charge in [-0.3, -0.25) is 0 Å². The zero-order valence-electron chi connectivity index (χ0n) is 11.4. The van der Waals surface area contributed by atoms with E-state index < -0.39 is 0 Å². The van der Waals surface area contributed by atoms with Crippen LogP contribution in [0.3, 0.4) is 0 Å². The number of rotatable bonds is 7. The number of unbranched alkanes of at least 4 members (excludes halogenated alkanes) is 3. The fourth-order valence-corrected chi connectivity index (χ4v) is 2.75. The summed E-state index contributed by atoms with van der Waals surface area (Å²) in [7, 11) is 0. The van der Waals surface area contributed by atoms with E-state index in [4.69, 9.17) is 5.73 Å². The van der Waals surface area contributed by atoms with Gasteiger partial charge in [0.1, 0.15) is 10.0 Å². The summed E-state index contributed by atoms with van der Waals surface area (Å²) in [5.74, 6) is 0. The maximum Gasteiger partial charge on any atom is 0.147 e. The normalized spacial score (nSPS) is 10.8. The highest BCUT2D eigenvalue weighted by atomic mass is 32.1. The smallest absolute Gasteiger partial charge is 0.147 e. The van der Waals surface area contributed by atoms with Crippen LogP contribution in [0.4, 0.5) is 0 Å². The van der Waals surface area contributed by atoms with E-state index in [1.165, 1.54) is 37.7 Å². The standard InChI is InChI=1S/C15H21N3S/c1-2-3-4-5-6-12-7-9-13(10-8-12)15-18-17-14(11-16)19-15/h7-10H,2-6,11,16H2,1H3. The van der Waals surface area contributed by atoms with E-state index in [1.54, 1.807) is 11.3 Å². The predicted octanol–water partition coefficient (Wildman–Crippen LogP) is 3.79. The van der Waals surface area contributed by atoms with Gasteiger partial charge in [0.2, 0.25) is 0 Å². The lowest BCUT2D eigenvalue weighted by Gasteiger charge is -2.02. The van der Waals surface area contributed by atoms with Gasteiger partial charge in [0, 0.05) is 12.1 Å². The van der Waals surface area contributed by atoms with Crippen molar-refractivity contribution in [3.63, 3.8) is 0 Å². The lowest BCUT2D eigenvalue weighted by atomic mass is 10.0. The Morgan fingerprint density at radius 1 is 1.05 bits per heavy atom. The Balaban J connectivity index is 1.94. The molecule has 0 aliphatic rings. The number of hydrogen-bond acceptors (Lipinski definition) is 4. The SMILES string of the molecule is CCCCCCc1ccc(-c2nnc(CN)s2)cc1. The van der Waals surface area contributed by atoms with E-state index in [-0.39, 0.29) is 0 Å². The van der Waals surface area contributed by atoms with Gasteiger partial charge in [-0.15, -0.1) is 10.2 Å². The fourth-order valence-electron chi connectivity index (χ4n) is 2.02. The van der Waals surface area contributed by atoms with Crippen LogP contribution in [0.15, 0.2) is 24.3 Å². The largest absolute Gasteiger partial charge is 0.324 e. The molecule has 0 saturated heterocycles. The average molecular weight is 275 g/mol. The van der Waals surface area contributed by atoms with Crippen molar-refractivity contribution in [3.05, 3.63) is 34.8 Å². The minimum Gasteiger partial charge on any atom is -0.324 e. The number of aryl methyl sites for hydroxylation is 1. The number of aromatic nitrogens is 2. The van der Waals surface area contributed by atoms with Gasteiger partial charge in [0.05, 0.1) is 0 Å². The molecular formula is C15H21N3S. The zero-order chi connectivity index (χ0) is 13.5. The van der Waals surface area contributed by atoms with Gasteiger partial charge in [-0.1, -0.05) is 61.8 Å². The molecule has 0 bridgehead atoms. The molecule has 2 N–H and O–H groups in total. The third-order valence-electron chi connectivity index (χ3n) is 3.16. The summed E-state index contributed by atoms with van der Waals surface area (Å²) in [6.45, 7) is 2.71. The number of benzene rings is 1. The van der Waals surface area contributed by atoms with E-state index in [0.717, 1.165) is 15.6 Å². The van der Waals surface area contributed by atoms with Crippen LogP contribution in [0.1, 0.15) is 43.2 Å². The van der Waals surface area contributed by atoms with Gasteiger partial charge in [0.25, 0.3) is 0 Å². The zero-order valence-corrected chi connectivity index (χ0v) is 12.2. The summed E-state index contributed by atoms with van der Waals surface area (Å²) in [5.41, 5.74) is 8.09. The average Bonchev–Trinajstić information content (AvgIpc) is 2.93. The van der Waals surface area contributed by atoms with Crippen molar-refractivity contribution < 1.29 is 0 Å². The van der Waals surface area contributed by atoms with E-state index in [9.17, 15) is 0 Å². The first-order chi connectivity index (χ1) is 9.33. The van der Waals surface area contributed by atoms with Crippen LogP contribution in [0.2, 0.25) is 0 Å². The van der Waals surface area contributed by atoms with Gasteiger partial charge >= 0.3 is 0 Å². The van der Waals surface area contributed by atoms with Crippen molar-refractivity contribution in [2.75, 3.05) is 0 Å². The molecule has 0 amide bonds. The van der Waals surface area contributed by atoms with Crippen molar-refractivity contribution >= 4 is 11.3 Å². The highest BCUT2D eigenvalue weighted by molar-refractivity contribution is 7.14. The lowest BCUT2D eigenvalue weighted by Crippen LogP contribution is -1.94. The van der Waals surface area contributed by atoms with Gasteiger partial charge in [0.15, 0.2) is 0 Å². The highest BCUT2D eigenvalue weighted by Gasteiger charge is 2.05. The van der Waals surface area contributed by atoms with E-state index in [0.29, 0.717) is 6.54 Å². The summed E-state index contributed by atoms with van der Waals surface area (Å²) in [6.07, 6.45) is 6.41. The third kappa shape index (κ3) is 4.11. The van der Waals surface area contributed by atoms with Crippen LogP contribution in [0.25, 0.3) is 10.6 Å². The molecule has 102 valence electrons. The first kappa shape index (κ1) is 14.2. The molecule has 2 aromatic rings. The molecule has 1 aromatic carbocycles. The van der Waals surface area contributed by atoms with E-state index in [1.807, 2.05) is 0 Å². The maximum absolute atomic E-state index is 5.55. The molecular weight excluding hydrogens is 254 g/mol. The summed E-state index contributed by atoms with van der Waals surface area (Å²) in [5, 5.41) is 10.1. The van der Waals surface area contributed by atoms with Crippen LogP contribution in [-0.4, -0.2) is 10.2 Å². The Morgan fingerprint density at radius 3 is 2.47 bits per heavy atom. The molecule has 19 heavy (non-hydrogen) atoms. The summed E-state index contributed by atoms with van der Waals surface area (Å²) in [4.78, 5) is 0. The Kier molecular flexibility index (Phi) is 5.48. The topological polar surface area (TPSA) is 51.8 Å². The Hall–Kier alpha value is -1.26. The molecule has 0 aliphatic carbocycles. The fraction of sp³-hybridized carbons (Fsp3) is 0.467. The monoisotopic (exact) mass is 275 g/mol. The maximum atomic E-state index is 5.55. The molecule has 0 atom stereocenters. The first-order valence-corrected chi connectivity index (χ1v) is 7.77. The first-order valence-electron chi connectivity index (χ1n) is 6.95.